The summed E-state index contributed by atoms with van der Waals surface area (Å²) in [5, 5.41) is 10.5. The smallest absolute Gasteiger partial charge is 0.144 e. The van der Waals surface area contributed by atoms with Crippen LogP contribution in [0.15, 0.2) is 72.8 Å². The van der Waals surface area contributed by atoms with E-state index in [9.17, 15) is 5.26 Å². The monoisotopic (exact) mass is 399 g/mol. The zero-order chi connectivity index (χ0) is 20.6. The molecule has 1 heterocycles. The van der Waals surface area contributed by atoms with Crippen molar-refractivity contribution >= 4 is 17.2 Å². The third-order valence-electron chi connectivity index (χ3n) is 5.50. The van der Waals surface area contributed by atoms with Crippen molar-refractivity contribution in [3.05, 3.63) is 111 Å². The molecule has 0 spiro atoms. The Morgan fingerprint density at radius 1 is 1.00 bits per heavy atom. The van der Waals surface area contributed by atoms with Gasteiger partial charge in [-0.15, -0.1) is 0 Å². The standard InChI is InChI=1S/C26H22ClNO/c1-17-13-18(2)24(19(3)14-17)25-26(29-25,22-7-5-4-6-8-22)15-21(16-28)20-9-11-23(27)12-10-20/h4-15,25H,1-3H3/b21-15+/t25-,26-/m0/s1. The lowest BCUT2D eigenvalue weighted by Gasteiger charge is -2.14. The summed E-state index contributed by atoms with van der Waals surface area (Å²) in [4.78, 5) is 0. The number of nitrogens with zero attached hydrogens (tertiary/aromatic N) is 1. The molecular formula is C26H22ClNO. The normalized spacial score (nSPS) is 20.9. The highest BCUT2D eigenvalue weighted by Crippen LogP contribution is 2.60. The molecule has 0 amide bonds. The van der Waals surface area contributed by atoms with E-state index in [1.807, 2.05) is 36.4 Å². The molecule has 29 heavy (non-hydrogen) atoms. The minimum atomic E-state index is -0.656. The van der Waals surface area contributed by atoms with Crippen LogP contribution >= 0.6 is 11.6 Å². The first-order chi connectivity index (χ1) is 13.9. The number of rotatable bonds is 4. The molecule has 2 nitrogen and oxygen atoms in total. The van der Waals surface area contributed by atoms with Crippen LogP contribution in [0, 0.1) is 32.1 Å². The SMILES string of the molecule is Cc1cc(C)c([C@@H]2O[C@@]2(/C=C(\C#N)c2ccc(Cl)cc2)c2ccccc2)c(C)c1. The molecule has 1 saturated heterocycles. The Kier molecular flexibility index (Phi) is 5.04. The second kappa shape index (κ2) is 7.52. The maximum absolute atomic E-state index is 9.88. The van der Waals surface area contributed by atoms with Crippen molar-refractivity contribution in [2.45, 2.75) is 32.5 Å². The van der Waals surface area contributed by atoms with E-state index in [-0.39, 0.29) is 6.10 Å². The van der Waals surface area contributed by atoms with Crippen molar-refractivity contribution in [1.29, 1.82) is 5.26 Å². The number of hydrogen-bond donors (Lipinski definition) is 0. The molecule has 0 bridgehead atoms. The molecule has 1 aliphatic rings. The fourth-order valence-corrected chi connectivity index (χ4v) is 4.30. The van der Waals surface area contributed by atoms with E-state index in [2.05, 4.69) is 51.1 Å². The van der Waals surface area contributed by atoms with Gasteiger partial charge in [-0.2, -0.15) is 5.26 Å². The number of epoxide rings is 1. The van der Waals surface area contributed by atoms with Gasteiger partial charge in [-0.1, -0.05) is 71.8 Å². The third-order valence-corrected chi connectivity index (χ3v) is 5.76. The van der Waals surface area contributed by atoms with E-state index < -0.39 is 5.60 Å². The number of hydrogen-bond acceptors (Lipinski definition) is 2. The zero-order valence-corrected chi connectivity index (χ0v) is 17.5. The number of allylic oxidation sites excluding steroid dienone is 1. The van der Waals surface area contributed by atoms with Crippen molar-refractivity contribution in [2.75, 3.05) is 0 Å². The Hall–Kier alpha value is -2.86. The Morgan fingerprint density at radius 2 is 1.62 bits per heavy atom. The van der Waals surface area contributed by atoms with Gasteiger partial charge in [0.2, 0.25) is 0 Å². The van der Waals surface area contributed by atoms with Gasteiger partial charge >= 0.3 is 0 Å². The summed E-state index contributed by atoms with van der Waals surface area (Å²) in [7, 11) is 0. The fraction of sp³-hybridized carbons (Fsp3) is 0.192. The number of aryl methyl sites for hydroxylation is 3. The summed E-state index contributed by atoms with van der Waals surface area (Å²) in [5.41, 5.74) is 6.66. The lowest BCUT2D eigenvalue weighted by molar-refractivity contribution is 0.335. The summed E-state index contributed by atoms with van der Waals surface area (Å²) in [5.74, 6) is 0. The summed E-state index contributed by atoms with van der Waals surface area (Å²) in [6.07, 6.45) is 1.84. The molecule has 0 radical (unpaired) electrons. The van der Waals surface area contributed by atoms with Crippen molar-refractivity contribution < 1.29 is 4.74 Å². The van der Waals surface area contributed by atoms with Crippen LogP contribution in [0.2, 0.25) is 5.02 Å². The topological polar surface area (TPSA) is 36.3 Å². The Labute approximate surface area is 177 Å². The van der Waals surface area contributed by atoms with Gasteiger partial charge < -0.3 is 4.74 Å². The highest BCUT2D eigenvalue weighted by molar-refractivity contribution is 6.30. The molecule has 0 aromatic heterocycles. The first-order valence-corrected chi connectivity index (χ1v) is 10.0. The molecule has 0 unspecified atom stereocenters. The van der Waals surface area contributed by atoms with Gasteiger partial charge in [0, 0.05) is 5.02 Å². The summed E-state index contributed by atoms with van der Waals surface area (Å²) in [6.45, 7) is 6.36. The lowest BCUT2D eigenvalue weighted by atomic mass is 9.85. The predicted molar refractivity (Wildman–Crippen MR) is 118 cm³/mol. The minimum absolute atomic E-state index is 0.124. The first kappa shape index (κ1) is 19.5. The molecule has 0 N–H and O–H groups in total. The average Bonchev–Trinajstić information content (AvgIpc) is 3.41. The number of nitriles is 1. The van der Waals surface area contributed by atoms with Crippen LogP contribution in [0.1, 0.15) is 39.5 Å². The van der Waals surface area contributed by atoms with E-state index in [1.54, 1.807) is 12.1 Å². The summed E-state index contributed by atoms with van der Waals surface area (Å²) < 4.78 is 6.40. The molecule has 0 saturated carbocycles. The van der Waals surface area contributed by atoms with E-state index >= 15 is 0 Å². The van der Waals surface area contributed by atoms with E-state index in [0.29, 0.717) is 10.6 Å². The highest BCUT2D eigenvalue weighted by Gasteiger charge is 2.58. The first-order valence-electron chi connectivity index (χ1n) is 9.64. The zero-order valence-electron chi connectivity index (χ0n) is 16.7. The van der Waals surface area contributed by atoms with Crippen LogP contribution in [0.4, 0.5) is 0 Å². The van der Waals surface area contributed by atoms with Crippen LogP contribution in [0.25, 0.3) is 5.57 Å². The maximum Gasteiger partial charge on any atom is 0.144 e. The van der Waals surface area contributed by atoms with Gasteiger partial charge in [-0.05, 0) is 66.8 Å². The minimum Gasteiger partial charge on any atom is -0.351 e. The number of halogens is 1. The lowest BCUT2D eigenvalue weighted by Crippen LogP contribution is -2.09. The van der Waals surface area contributed by atoms with Gasteiger partial charge in [0.25, 0.3) is 0 Å². The van der Waals surface area contributed by atoms with Gasteiger partial charge in [0.05, 0.1) is 11.6 Å². The molecule has 0 aliphatic carbocycles. The quantitative estimate of drug-likeness (QED) is 0.355. The van der Waals surface area contributed by atoms with Crippen LogP contribution in [-0.2, 0) is 10.3 Å². The fourth-order valence-electron chi connectivity index (χ4n) is 4.17. The van der Waals surface area contributed by atoms with E-state index in [4.69, 9.17) is 16.3 Å². The molecule has 1 aliphatic heterocycles. The van der Waals surface area contributed by atoms with Crippen LogP contribution in [0.3, 0.4) is 0 Å². The van der Waals surface area contributed by atoms with Gasteiger partial charge in [-0.25, -0.2) is 0 Å². The second-order valence-electron chi connectivity index (χ2n) is 7.65. The van der Waals surface area contributed by atoms with Crippen LogP contribution < -0.4 is 0 Å². The Bertz CT molecular complexity index is 1100. The molecule has 144 valence electrons. The van der Waals surface area contributed by atoms with Gasteiger partial charge in [0.1, 0.15) is 11.7 Å². The molecule has 3 aromatic rings. The number of benzene rings is 3. The number of ether oxygens (including phenoxy) is 1. The molecule has 3 aromatic carbocycles. The Balaban J connectivity index is 1.85. The summed E-state index contributed by atoms with van der Waals surface area (Å²) >= 11 is 6.02. The van der Waals surface area contributed by atoms with Gasteiger partial charge in [0.15, 0.2) is 0 Å². The molecule has 3 heteroatoms. The molecule has 1 fully saturated rings. The maximum atomic E-state index is 9.88. The predicted octanol–water partition coefficient (Wildman–Crippen LogP) is 6.84. The molecule has 2 atom stereocenters. The van der Waals surface area contributed by atoms with E-state index in [1.165, 1.54) is 22.3 Å². The van der Waals surface area contributed by atoms with Crippen LogP contribution in [-0.4, -0.2) is 0 Å². The largest absolute Gasteiger partial charge is 0.351 e. The van der Waals surface area contributed by atoms with Crippen molar-refractivity contribution in [3.63, 3.8) is 0 Å². The molecule has 4 rings (SSSR count). The molecular weight excluding hydrogens is 378 g/mol. The summed E-state index contributed by atoms with van der Waals surface area (Å²) in [6, 6.07) is 24.2. The van der Waals surface area contributed by atoms with Crippen LogP contribution in [0.5, 0.6) is 0 Å². The second-order valence-corrected chi connectivity index (χ2v) is 8.08. The van der Waals surface area contributed by atoms with Crippen molar-refractivity contribution in [1.82, 2.24) is 0 Å². The highest BCUT2D eigenvalue weighted by atomic mass is 35.5. The third kappa shape index (κ3) is 3.60. The average molecular weight is 400 g/mol. The van der Waals surface area contributed by atoms with E-state index in [0.717, 1.165) is 11.1 Å². The Morgan fingerprint density at radius 3 is 2.21 bits per heavy atom. The van der Waals surface area contributed by atoms with Crippen molar-refractivity contribution in [2.24, 2.45) is 0 Å². The van der Waals surface area contributed by atoms with Gasteiger partial charge in [-0.3, -0.25) is 0 Å². The van der Waals surface area contributed by atoms with Crippen molar-refractivity contribution in [3.8, 4) is 6.07 Å².